The summed E-state index contributed by atoms with van der Waals surface area (Å²) in [5.74, 6) is 0.0878. The molecule has 1 aliphatic rings. The van der Waals surface area contributed by atoms with Gasteiger partial charge in [-0.1, -0.05) is 43.7 Å². The van der Waals surface area contributed by atoms with Gasteiger partial charge in [-0.05, 0) is 44.7 Å². The summed E-state index contributed by atoms with van der Waals surface area (Å²) in [7, 11) is 0. The maximum atomic E-state index is 12.5. The maximum Gasteiger partial charge on any atom is 0.234 e. The second kappa shape index (κ2) is 9.04. The van der Waals surface area contributed by atoms with Crippen LogP contribution in [0.5, 0.6) is 0 Å². The van der Waals surface area contributed by atoms with E-state index in [0.29, 0.717) is 12.6 Å². The quantitative estimate of drug-likeness (QED) is 0.775. The highest BCUT2D eigenvalue weighted by atomic mass is 16.3. The van der Waals surface area contributed by atoms with E-state index in [1.165, 1.54) is 5.56 Å². The van der Waals surface area contributed by atoms with Crippen LogP contribution in [0.15, 0.2) is 30.3 Å². The van der Waals surface area contributed by atoms with Gasteiger partial charge in [0.25, 0.3) is 0 Å². The van der Waals surface area contributed by atoms with Gasteiger partial charge in [-0.25, -0.2) is 0 Å². The van der Waals surface area contributed by atoms with E-state index >= 15 is 0 Å². The Morgan fingerprint density at radius 2 is 2.13 bits per heavy atom. The Morgan fingerprint density at radius 3 is 2.78 bits per heavy atom. The lowest BCUT2D eigenvalue weighted by atomic mass is 10.0. The molecule has 0 aromatic heterocycles. The van der Waals surface area contributed by atoms with Crippen molar-refractivity contribution in [2.45, 2.75) is 64.1 Å². The van der Waals surface area contributed by atoms with E-state index in [0.717, 1.165) is 38.6 Å². The lowest BCUT2D eigenvalue weighted by Crippen LogP contribution is -2.41. The molecular formula is C19H30N2O2. The highest BCUT2D eigenvalue weighted by molar-refractivity contribution is 5.78. The van der Waals surface area contributed by atoms with Crippen LogP contribution in [0.4, 0.5) is 0 Å². The summed E-state index contributed by atoms with van der Waals surface area (Å²) in [4.78, 5) is 14.7. The Hall–Kier alpha value is -1.39. The van der Waals surface area contributed by atoms with Crippen LogP contribution in [0.25, 0.3) is 0 Å². The minimum atomic E-state index is -0.305. The Labute approximate surface area is 139 Å². The number of rotatable bonds is 8. The summed E-state index contributed by atoms with van der Waals surface area (Å²) in [5, 5.41) is 12.8. The van der Waals surface area contributed by atoms with E-state index in [1.807, 2.05) is 25.1 Å². The van der Waals surface area contributed by atoms with E-state index < -0.39 is 0 Å². The van der Waals surface area contributed by atoms with Crippen LogP contribution in [0.1, 0.15) is 57.6 Å². The second-order valence-electron chi connectivity index (χ2n) is 6.67. The van der Waals surface area contributed by atoms with Crippen molar-refractivity contribution in [3.63, 3.8) is 0 Å². The van der Waals surface area contributed by atoms with Gasteiger partial charge in [0.2, 0.25) is 5.91 Å². The van der Waals surface area contributed by atoms with E-state index in [-0.39, 0.29) is 18.1 Å². The number of aliphatic hydroxyl groups is 1. The molecule has 0 aliphatic carbocycles. The normalized spacial score (nSPS) is 21.1. The summed E-state index contributed by atoms with van der Waals surface area (Å²) in [5.41, 5.74) is 1.17. The smallest absolute Gasteiger partial charge is 0.234 e. The molecule has 128 valence electrons. The minimum Gasteiger partial charge on any atom is -0.393 e. The molecule has 3 atom stereocenters. The van der Waals surface area contributed by atoms with Gasteiger partial charge in [0.05, 0.1) is 18.7 Å². The number of carbonyl (C=O) groups is 1. The zero-order valence-corrected chi connectivity index (χ0v) is 14.4. The first-order chi connectivity index (χ1) is 11.1. The van der Waals surface area contributed by atoms with Gasteiger partial charge in [0.1, 0.15) is 0 Å². The Balaban J connectivity index is 1.91. The van der Waals surface area contributed by atoms with Crippen LogP contribution in [0, 0.1) is 0 Å². The van der Waals surface area contributed by atoms with E-state index in [9.17, 15) is 9.90 Å². The molecule has 1 heterocycles. The van der Waals surface area contributed by atoms with Crippen molar-refractivity contribution in [2.75, 3.05) is 13.1 Å². The fraction of sp³-hybridized carbons (Fsp3) is 0.632. The van der Waals surface area contributed by atoms with Crippen molar-refractivity contribution in [1.82, 2.24) is 10.2 Å². The molecule has 1 aliphatic heterocycles. The number of aliphatic hydroxyl groups excluding tert-OH is 1. The molecule has 2 N–H and O–H groups in total. The molecule has 2 rings (SSSR count). The molecule has 1 saturated heterocycles. The number of hydrogen-bond donors (Lipinski definition) is 2. The Morgan fingerprint density at radius 1 is 1.39 bits per heavy atom. The zero-order valence-electron chi connectivity index (χ0n) is 14.4. The first-order valence-electron chi connectivity index (χ1n) is 8.86. The van der Waals surface area contributed by atoms with E-state index in [2.05, 4.69) is 29.3 Å². The van der Waals surface area contributed by atoms with Gasteiger partial charge in [-0.15, -0.1) is 0 Å². The highest BCUT2D eigenvalue weighted by Crippen LogP contribution is 2.22. The van der Waals surface area contributed by atoms with Gasteiger partial charge >= 0.3 is 0 Å². The molecule has 1 aromatic carbocycles. The monoisotopic (exact) mass is 318 g/mol. The largest absolute Gasteiger partial charge is 0.393 e. The van der Waals surface area contributed by atoms with E-state index in [1.54, 1.807) is 0 Å². The van der Waals surface area contributed by atoms with Gasteiger partial charge in [0.15, 0.2) is 0 Å². The molecule has 0 spiro atoms. The number of benzene rings is 1. The first kappa shape index (κ1) is 18.0. The van der Waals surface area contributed by atoms with Crippen LogP contribution < -0.4 is 5.32 Å². The van der Waals surface area contributed by atoms with Gasteiger partial charge in [-0.2, -0.15) is 0 Å². The summed E-state index contributed by atoms with van der Waals surface area (Å²) < 4.78 is 0. The van der Waals surface area contributed by atoms with Crippen molar-refractivity contribution in [2.24, 2.45) is 0 Å². The number of amides is 1. The van der Waals surface area contributed by atoms with Crippen molar-refractivity contribution >= 4 is 5.91 Å². The lowest BCUT2D eigenvalue weighted by Gasteiger charge is -2.26. The molecule has 23 heavy (non-hydrogen) atoms. The first-order valence-corrected chi connectivity index (χ1v) is 8.86. The fourth-order valence-corrected chi connectivity index (χ4v) is 3.48. The standard InChI is InChI=1S/C19H30N2O2/c1-3-8-18(16-9-5-4-6-10-16)20-19(23)14-21-12-7-11-17(21)13-15(2)22/h4-6,9-10,15,17-18,22H,3,7-8,11-14H2,1-2H3,(H,20,23). The summed E-state index contributed by atoms with van der Waals surface area (Å²) in [6.45, 7) is 5.35. The average Bonchev–Trinajstić information content (AvgIpc) is 2.94. The fourth-order valence-electron chi connectivity index (χ4n) is 3.48. The third-order valence-corrected chi connectivity index (χ3v) is 4.57. The highest BCUT2D eigenvalue weighted by Gasteiger charge is 2.27. The van der Waals surface area contributed by atoms with Crippen molar-refractivity contribution in [3.05, 3.63) is 35.9 Å². The SMILES string of the molecule is CCCC(NC(=O)CN1CCCC1CC(C)O)c1ccccc1. The minimum absolute atomic E-state index is 0.0878. The molecule has 0 bridgehead atoms. The molecule has 0 radical (unpaired) electrons. The van der Waals surface area contributed by atoms with Crippen LogP contribution in [-0.2, 0) is 4.79 Å². The zero-order chi connectivity index (χ0) is 16.7. The average molecular weight is 318 g/mol. The predicted molar refractivity (Wildman–Crippen MR) is 93.1 cm³/mol. The predicted octanol–water partition coefficient (Wildman–Crippen LogP) is 2.88. The summed E-state index contributed by atoms with van der Waals surface area (Å²) in [6, 6.07) is 10.6. The molecule has 4 nitrogen and oxygen atoms in total. The number of likely N-dealkylation sites (tertiary alicyclic amines) is 1. The third-order valence-electron chi connectivity index (χ3n) is 4.57. The number of hydrogen-bond acceptors (Lipinski definition) is 3. The van der Waals surface area contributed by atoms with Gasteiger partial charge < -0.3 is 10.4 Å². The molecule has 4 heteroatoms. The number of carbonyl (C=O) groups excluding carboxylic acids is 1. The van der Waals surface area contributed by atoms with Crippen molar-refractivity contribution < 1.29 is 9.90 Å². The van der Waals surface area contributed by atoms with Crippen LogP contribution in [-0.4, -0.2) is 41.1 Å². The van der Waals surface area contributed by atoms with Crippen molar-refractivity contribution in [3.8, 4) is 0 Å². The summed E-state index contributed by atoms with van der Waals surface area (Å²) in [6.07, 6.45) is 4.63. The molecular weight excluding hydrogens is 288 g/mol. The van der Waals surface area contributed by atoms with Crippen LogP contribution in [0.2, 0.25) is 0 Å². The molecule has 0 saturated carbocycles. The Bertz CT molecular complexity index is 476. The van der Waals surface area contributed by atoms with Crippen LogP contribution >= 0.6 is 0 Å². The third kappa shape index (κ3) is 5.63. The maximum absolute atomic E-state index is 12.5. The summed E-state index contributed by atoms with van der Waals surface area (Å²) >= 11 is 0. The van der Waals surface area contributed by atoms with Gasteiger partial charge in [-0.3, -0.25) is 9.69 Å². The van der Waals surface area contributed by atoms with Gasteiger partial charge in [0, 0.05) is 6.04 Å². The van der Waals surface area contributed by atoms with E-state index in [4.69, 9.17) is 0 Å². The molecule has 1 fully saturated rings. The number of nitrogens with one attached hydrogen (secondary N) is 1. The molecule has 3 unspecified atom stereocenters. The second-order valence-corrected chi connectivity index (χ2v) is 6.67. The van der Waals surface area contributed by atoms with Crippen LogP contribution in [0.3, 0.4) is 0 Å². The van der Waals surface area contributed by atoms with Crippen molar-refractivity contribution in [1.29, 1.82) is 0 Å². The molecule has 1 aromatic rings. The lowest BCUT2D eigenvalue weighted by molar-refractivity contribution is -0.123. The topological polar surface area (TPSA) is 52.6 Å². The molecule has 1 amide bonds. The Kier molecular flexibility index (Phi) is 7.06. The number of nitrogens with zero attached hydrogens (tertiary/aromatic N) is 1.